The molecule has 1 aromatic rings. The van der Waals surface area contributed by atoms with Crippen molar-refractivity contribution in [3.8, 4) is 5.75 Å². The Kier molecular flexibility index (Phi) is 8.24. The topological polar surface area (TPSA) is 50.8 Å². The molecule has 0 bridgehead atoms. The molecule has 1 saturated heterocycles. The molecular weight excluding hydrogens is 304 g/mol. The van der Waals surface area contributed by atoms with E-state index in [2.05, 4.69) is 5.32 Å². The van der Waals surface area contributed by atoms with E-state index in [1.54, 1.807) is 7.11 Å². The highest BCUT2D eigenvalue weighted by Crippen LogP contribution is 2.22. The highest BCUT2D eigenvalue weighted by Gasteiger charge is 2.24. The van der Waals surface area contributed by atoms with E-state index in [1.807, 2.05) is 36.2 Å². The highest BCUT2D eigenvalue weighted by atomic mass is 35.5. The number of likely N-dealkylation sites (tertiary alicyclic amines) is 1. The number of amides is 1. The van der Waals surface area contributed by atoms with E-state index in [9.17, 15) is 4.79 Å². The van der Waals surface area contributed by atoms with Crippen LogP contribution in [0, 0.1) is 0 Å². The van der Waals surface area contributed by atoms with E-state index in [0.717, 1.165) is 25.9 Å². The van der Waals surface area contributed by atoms with Gasteiger partial charge in [0.1, 0.15) is 12.4 Å². The Morgan fingerprint density at radius 2 is 1.95 bits per heavy atom. The number of nitrogens with one attached hydrogen (secondary N) is 1. The fourth-order valence-electron chi connectivity index (χ4n) is 2.55. The van der Waals surface area contributed by atoms with Gasteiger partial charge in [0.15, 0.2) is 0 Å². The second kappa shape index (κ2) is 9.66. The van der Waals surface area contributed by atoms with Gasteiger partial charge in [-0.1, -0.05) is 12.1 Å². The molecule has 6 heteroatoms. The molecule has 1 aromatic carbocycles. The third-order valence-electron chi connectivity index (χ3n) is 3.85. The van der Waals surface area contributed by atoms with Gasteiger partial charge < -0.3 is 19.7 Å². The Morgan fingerprint density at radius 3 is 2.59 bits per heavy atom. The number of para-hydroxylation sites is 1. The minimum Gasteiger partial charge on any atom is -0.490 e. The number of halogens is 1. The number of carbonyl (C=O) groups excluding carboxylic acids is 1. The average Bonchev–Trinajstić information content (AvgIpc) is 2.55. The highest BCUT2D eigenvalue weighted by molar-refractivity contribution is 5.97. The molecule has 1 heterocycles. The van der Waals surface area contributed by atoms with Gasteiger partial charge in [-0.2, -0.15) is 0 Å². The van der Waals surface area contributed by atoms with E-state index < -0.39 is 0 Å². The molecular formula is C16H25ClN2O3. The molecule has 1 amide bonds. The molecule has 1 fully saturated rings. The first kappa shape index (κ1) is 18.7. The number of benzene rings is 1. The van der Waals surface area contributed by atoms with Crippen LogP contribution in [-0.2, 0) is 4.74 Å². The van der Waals surface area contributed by atoms with Crippen molar-refractivity contribution in [2.45, 2.75) is 18.9 Å². The van der Waals surface area contributed by atoms with Crippen molar-refractivity contribution in [2.24, 2.45) is 0 Å². The standard InChI is InChI=1S/C16H24N2O3.ClH/c1-17-13-7-9-18(10-8-13)16(19)14-5-3-4-6-15(14)21-12-11-20-2;/h3-6,13,17H,7-12H2,1-2H3;1H. The Hall–Kier alpha value is -1.30. The Morgan fingerprint density at radius 1 is 1.27 bits per heavy atom. The summed E-state index contributed by atoms with van der Waals surface area (Å²) in [5.41, 5.74) is 0.636. The zero-order chi connectivity index (χ0) is 15.1. The zero-order valence-corrected chi connectivity index (χ0v) is 14.0. The first-order valence-electron chi connectivity index (χ1n) is 7.43. The normalized spacial score (nSPS) is 15.3. The van der Waals surface area contributed by atoms with Crippen LogP contribution in [0.2, 0.25) is 0 Å². The van der Waals surface area contributed by atoms with Crippen LogP contribution < -0.4 is 10.1 Å². The lowest BCUT2D eigenvalue weighted by atomic mass is 10.0. The second-order valence-electron chi connectivity index (χ2n) is 5.19. The fourth-order valence-corrected chi connectivity index (χ4v) is 2.55. The van der Waals surface area contributed by atoms with Crippen LogP contribution in [0.5, 0.6) is 5.75 Å². The van der Waals surface area contributed by atoms with Gasteiger partial charge in [-0.3, -0.25) is 4.79 Å². The summed E-state index contributed by atoms with van der Waals surface area (Å²) in [6, 6.07) is 7.93. The predicted octanol–water partition coefficient (Wildman–Crippen LogP) is 1.96. The molecule has 124 valence electrons. The minimum atomic E-state index is 0. The number of piperidine rings is 1. The summed E-state index contributed by atoms with van der Waals surface area (Å²) in [6.45, 7) is 2.53. The van der Waals surface area contributed by atoms with Crippen LogP contribution in [0.4, 0.5) is 0 Å². The number of rotatable bonds is 6. The molecule has 1 N–H and O–H groups in total. The first-order valence-corrected chi connectivity index (χ1v) is 7.43. The largest absolute Gasteiger partial charge is 0.490 e. The van der Waals surface area contributed by atoms with Crippen LogP contribution in [-0.4, -0.2) is 57.3 Å². The maximum Gasteiger partial charge on any atom is 0.257 e. The molecule has 22 heavy (non-hydrogen) atoms. The molecule has 0 aliphatic carbocycles. The molecule has 5 nitrogen and oxygen atoms in total. The molecule has 0 saturated carbocycles. The smallest absolute Gasteiger partial charge is 0.257 e. The zero-order valence-electron chi connectivity index (χ0n) is 13.2. The van der Waals surface area contributed by atoms with Crippen LogP contribution in [0.1, 0.15) is 23.2 Å². The Bertz CT molecular complexity index is 462. The van der Waals surface area contributed by atoms with Gasteiger partial charge >= 0.3 is 0 Å². The van der Waals surface area contributed by atoms with E-state index in [-0.39, 0.29) is 18.3 Å². The van der Waals surface area contributed by atoms with Crippen molar-refractivity contribution in [1.29, 1.82) is 0 Å². The van der Waals surface area contributed by atoms with Gasteiger partial charge in [-0.15, -0.1) is 12.4 Å². The second-order valence-corrected chi connectivity index (χ2v) is 5.19. The molecule has 2 rings (SSSR count). The van der Waals surface area contributed by atoms with E-state index in [1.165, 1.54) is 0 Å². The summed E-state index contributed by atoms with van der Waals surface area (Å²) in [7, 11) is 3.60. The maximum atomic E-state index is 12.6. The number of hydrogen-bond donors (Lipinski definition) is 1. The third kappa shape index (κ3) is 4.87. The lowest BCUT2D eigenvalue weighted by molar-refractivity contribution is 0.0700. The summed E-state index contributed by atoms with van der Waals surface area (Å²) in [5.74, 6) is 0.688. The maximum absolute atomic E-state index is 12.6. The van der Waals surface area contributed by atoms with Crippen LogP contribution in [0.25, 0.3) is 0 Å². The number of nitrogens with zero attached hydrogens (tertiary/aromatic N) is 1. The lowest BCUT2D eigenvalue weighted by Gasteiger charge is -2.32. The van der Waals surface area contributed by atoms with Gasteiger partial charge in [0.25, 0.3) is 5.91 Å². The van der Waals surface area contributed by atoms with Crippen LogP contribution >= 0.6 is 12.4 Å². The van der Waals surface area contributed by atoms with Crippen molar-refractivity contribution in [3.05, 3.63) is 29.8 Å². The van der Waals surface area contributed by atoms with E-state index >= 15 is 0 Å². The summed E-state index contributed by atoms with van der Waals surface area (Å²) >= 11 is 0. The molecule has 0 atom stereocenters. The van der Waals surface area contributed by atoms with Crippen molar-refractivity contribution in [3.63, 3.8) is 0 Å². The third-order valence-corrected chi connectivity index (χ3v) is 3.85. The average molecular weight is 329 g/mol. The SMILES string of the molecule is CNC1CCN(C(=O)c2ccccc2OCCOC)CC1.Cl. The van der Waals surface area contributed by atoms with Crippen molar-refractivity contribution < 1.29 is 14.3 Å². The lowest BCUT2D eigenvalue weighted by Crippen LogP contribution is -2.44. The first-order chi connectivity index (χ1) is 10.3. The van der Waals surface area contributed by atoms with Crippen molar-refractivity contribution in [2.75, 3.05) is 40.5 Å². The van der Waals surface area contributed by atoms with Gasteiger partial charge in [0, 0.05) is 26.2 Å². The van der Waals surface area contributed by atoms with E-state index in [4.69, 9.17) is 9.47 Å². The number of carbonyl (C=O) groups is 1. The molecule has 0 radical (unpaired) electrons. The predicted molar refractivity (Wildman–Crippen MR) is 89.0 cm³/mol. The van der Waals surface area contributed by atoms with Crippen molar-refractivity contribution in [1.82, 2.24) is 10.2 Å². The fraction of sp³-hybridized carbons (Fsp3) is 0.562. The molecule has 1 aliphatic heterocycles. The summed E-state index contributed by atoms with van der Waals surface area (Å²) in [4.78, 5) is 14.6. The van der Waals surface area contributed by atoms with Crippen LogP contribution in [0.3, 0.4) is 0 Å². The quantitative estimate of drug-likeness (QED) is 0.811. The minimum absolute atomic E-state index is 0. The van der Waals surface area contributed by atoms with Gasteiger partial charge in [-0.05, 0) is 32.0 Å². The molecule has 0 aromatic heterocycles. The van der Waals surface area contributed by atoms with Gasteiger partial charge in [0.05, 0.1) is 12.2 Å². The monoisotopic (exact) mass is 328 g/mol. The number of ether oxygens (including phenoxy) is 2. The summed E-state index contributed by atoms with van der Waals surface area (Å²) in [5, 5.41) is 3.27. The molecule has 0 spiro atoms. The number of hydrogen-bond acceptors (Lipinski definition) is 4. The summed E-state index contributed by atoms with van der Waals surface area (Å²) < 4.78 is 10.6. The number of methoxy groups -OCH3 is 1. The van der Waals surface area contributed by atoms with Crippen molar-refractivity contribution >= 4 is 18.3 Å². The van der Waals surface area contributed by atoms with E-state index in [0.29, 0.717) is 30.6 Å². The van der Waals surface area contributed by atoms with Gasteiger partial charge in [0.2, 0.25) is 0 Å². The summed E-state index contributed by atoms with van der Waals surface area (Å²) in [6.07, 6.45) is 1.99. The van der Waals surface area contributed by atoms with Crippen LogP contribution in [0.15, 0.2) is 24.3 Å². The Balaban J connectivity index is 0.00000242. The molecule has 1 aliphatic rings. The Labute approximate surface area is 138 Å². The van der Waals surface area contributed by atoms with Gasteiger partial charge in [-0.25, -0.2) is 0 Å². The molecule has 0 unspecified atom stereocenters.